The van der Waals surface area contributed by atoms with Crippen LogP contribution >= 0.6 is 11.6 Å². The van der Waals surface area contributed by atoms with E-state index in [1.807, 2.05) is 18.3 Å². The lowest BCUT2D eigenvalue weighted by Gasteiger charge is -2.06. The van der Waals surface area contributed by atoms with E-state index in [-0.39, 0.29) is 5.82 Å². The lowest BCUT2D eigenvalue weighted by Crippen LogP contribution is -2.17. The smallest absolute Gasteiger partial charge is 0.129 e. The van der Waals surface area contributed by atoms with Crippen molar-refractivity contribution in [1.29, 1.82) is 0 Å². The molecule has 0 saturated heterocycles. The molecule has 0 aliphatic heterocycles. The van der Waals surface area contributed by atoms with E-state index in [0.29, 0.717) is 17.1 Å². The summed E-state index contributed by atoms with van der Waals surface area (Å²) in [6.07, 6.45) is 4.47. The lowest BCUT2D eigenvalue weighted by molar-refractivity contribution is 0.588. The van der Waals surface area contributed by atoms with E-state index in [0.717, 1.165) is 13.0 Å². The van der Waals surface area contributed by atoms with E-state index in [1.165, 1.54) is 11.6 Å². The van der Waals surface area contributed by atoms with Crippen LogP contribution in [-0.4, -0.2) is 11.5 Å². The van der Waals surface area contributed by atoms with Crippen LogP contribution in [0, 0.1) is 5.82 Å². The minimum absolute atomic E-state index is 0.267. The first kappa shape index (κ1) is 13.0. The fourth-order valence-electron chi connectivity index (χ4n) is 1.67. The Hall–Kier alpha value is -1.45. The van der Waals surface area contributed by atoms with E-state index in [4.69, 9.17) is 11.6 Å². The third-order valence-corrected chi connectivity index (χ3v) is 2.88. The number of benzene rings is 1. The van der Waals surface area contributed by atoms with Crippen molar-refractivity contribution in [2.45, 2.75) is 13.0 Å². The van der Waals surface area contributed by atoms with Crippen molar-refractivity contribution in [3.8, 4) is 0 Å². The molecule has 0 fully saturated rings. The van der Waals surface area contributed by atoms with Crippen LogP contribution in [0.5, 0.6) is 0 Å². The Morgan fingerprint density at radius 1 is 1.28 bits per heavy atom. The fourth-order valence-corrected chi connectivity index (χ4v) is 1.83. The van der Waals surface area contributed by atoms with Crippen LogP contribution in [0.25, 0.3) is 0 Å². The van der Waals surface area contributed by atoms with Gasteiger partial charge in [0.1, 0.15) is 5.82 Å². The summed E-state index contributed by atoms with van der Waals surface area (Å²) in [5, 5.41) is 3.62. The molecular formula is C14H14ClFN2. The molecule has 0 bridgehead atoms. The monoisotopic (exact) mass is 264 g/mol. The van der Waals surface area contributed by atoms with Crippen LogP contribution in [0.1, 0.15) is 11.1 Å². The molecule has 1 heterocycles. The molecule has 94 valence electrons. The number of aromatic nitrogens is 1. The highest BCUT2D eigenvalue weighted by molar-refractivity contribution is 6.30. The summed E-state index contributed by atoms with van der Waals surface area (Å²) in [4.78, 5) is 4.04. The fraction of sp³-hybridized carbons (Fsp3) is 0.214. The average Bonchev–Trinajstić information content (AvgIpc) is 2.38. The molecule has 2 rings (SSSR count). The maximum absolute atomic E-state index is 13.5. The zero-order valence-corrected chi connectivity index (χ0v) is 10.6. The number of nitrogens with one attached hydrogen (secondary N) is 1. The van der Waals surface area contributed by atoms with Crippen LogP contribution in [0.3, 0.4) is 0 Å². The second-order valence-corrected chi connectivity index (χ2v) is 4.46. The molecule has 1 N–H and O–H groups in total. The average molecular weight is 265 g/mol. The van der Waals surface area contributed by atoms with Gasteiger partial charge in [0.2, 0.25) is 0 Å². The zero-order valence-electron chi connectivity index (χ0n) is 9.87. The van der Waals surface area contributed by atoms with Crippen molar-refractivity contribution in [1.82, 2.24) is 10.3 Å². The predicted octanol–water partition coefficient (Wildman–Crippen LogP) is 3.21. The lowest BCUT2D eigenvalue weighted by atomic mass is 10.2. The van der Waals surface area contributed by atoms with Crippen molar-refractivity contribution < 1.29 is 4.39 Å². The molecule has 0 atom stereocenters. The Bertz CT molecular complexity index is 502. The summed E-state index contributed by atoms with van der Waals surface area (Å²) in [6.45, 7) is 1.29. The van der Waals surface area contributed by atoms with Crippen molar-refractivity contribution in [3.63, 3.8) is 0 Å². The van der Waals surface area contributed by atoms with Crippen LogP contribution < -0.4 is 5.32 Å². The molecule has 0 radical (unpaired) electrons. The normalized spacial score (nSPS) is 10.6. The molecule has 4 heteroatoms. The van der Waals surface area contributed by atoms with Crippen molar-refractivity contribution in [2.75, 3.05) is 6.54 Å². The highest BCUT2D eigenvalue weighted by Crippen LogP contribution is 2.14. The van der Waals surface area contributed by atoms with Crippen LogP contribution in [0.4, 0.5) is 4.39 Å². The topological polar surface area (TPSA) is 24.9 Å². The van der Waals surface area contributed by atoms with E-state index in [9.17, 15) is 4.39 Å². The zero-order chi connectivity index (χ0) is 12.8. The Morgan fingerprint density at radius 3 is 2.89 bits per heavy atom. The van der Waals surface area contributed by atoms with Gasteiger partial charge in [0.25, 0.3) is 0 Å². The summed E-state index contributed by atoms with van der Waals surface area (Å²) < 4.78 is 13.5. The molecule has 0 aliphatic carbocycles. The van der Waals surface area contributed by atoms with Crippen molar-refractivity contribution >= 4 is 11.6 Å². The summed E-state index contributed by atoms with van der Waals surface area (Å²) in [5.41, 5.74) is 1.80. The summed E-state index contributed by atoms with van der Waals surface area (Å²) in [7, 11) is 0. The van der Waals surface area contributed by atoms with Crippen LogP contribution in [-0.2, 0) is 13.0 Å². The minimum Gasteiger partial charge on any atom is -0.312 e. The third kappa shape index (κ3) is 3.79. The molecule has 1 aromatic heterocycles. The second-order valence-electron chi connectivity index (χ2n) is 4.02. The predicted molar refractivity (Wildman–Crippen MR) is 71.1 cm³/mol. The van der Waals surface area contributed by atoms with Crippen LogP contribution in [0.2, 0.25) is 5.02 Å². The molecule has 2 nitrogen and oxygen atoms in total. The van der Waals surface area contributed by atoms with E-state index >= 15 is 0 Å². The summed E-state index contributed by atoms with van der Waals surface area (Å²) in [6, 6.07) is 8.67. The highest BCUT2D eigenvalue weighted by Gasteiger charge is 2.02. The minimum atomic E-state index is -0.267. The number of nitrogens with zero attached hydrogens (tertiary/aromatic N) is 1. The van der Waals surface area contributed by atoms with Gasteiger partial charge in [0, 0.05) is 29.5 Å². The number of hydrogen-bond donors (Lipinski definition) is 1. The van der Waals surface area contributed by atoms with Gasteiger partial charge in [0.05, 0.1) is 0 Å². The maximum atomic E-state index is 13.5. The first-order chi connectivity index (χ1) is 8.75. The Balaban J connectivity index is 1.79. The third-order valence-electron chi connectivity index (χ3n) is 2.64. The van der Waals surface area contributed by atoms with Gasteiger partial charge in [-0.15, -0.1) is 0 Å². The van der Waals surface area contributed by atoms with Gasteiger partial charge in [-0.2, -0.15) is 0 Å². The Labute approximate surface area is 111 Å². The van der Waals surface area contributed by atoms with Gasteiger partial charge in [-0.25, -0.2) is 4.39 Å². The maximum Gasteiger partial charge on any atom is 0.129 e. The molecular weight excluding hydrogens is 251 g/mol. The van der Waals surface area contributed by atoms with Gasteiger partial charge >= 0.3 is 0 Å². The van der Waals surface area contributed by atoms with Gasteiger partial charge in [-0.1, -0.05) is 23.7 Å². The van der Waals surface area contributed by atoms with Crippen LogP contribution in [0.15, 0.2) is 42.7 Å². The quantitative estimate of drug-likeness (QED) is 0.839. The Morgan fingerprint density at radius 2 is 2.17 bits per heavy atom. The van der Waals surface area contributed by atoms with Gasteiger partial charge < -0.3 is 5.32 Å². The first-order valence-electron chi connectivity index (χ1n) is 5.79. The molecule has 0 aliphatic rings. The molecule has 0 amide bonds. The van der Waals surface area contributed by atoms with Gasteiger partial charge in [-0.3, -0.25) is 4.98 Å². The molecule has 0 saturated carbocycles. The van der Waals surface area contributed by atoms with E-state index in [1.54, 1.807) is 18.3 Å². The molecule has 2 aromatic rings. The SMILES string of the molecule is Fc1cc(Cl)ccc1CNCCc1cccnc1. The molecule has 1 aromatic carbocycles. The Kier molecular flexibility index (Phi) is 4.67. The number of rotatable bonds is 5. The van der Waals surface area contributed by atoms with Crippen molar-refractivity contribution in [3.05, 3.63) is 64.7 Å². The van der Waals surface area contributed by atoms with Crippen molar-refractivity contribution in [2.24, 2.45) is 0 Å². The first-order valence-corrected chi connectivity index (χ1v) is 6.17. The summed E-state index contributed by atoms with van der Waals surface area (Å²) >= 11 is 5.69. The van der Waals surface area contributed by atoms with E-state index < -0.39 is 0 Å². The largest absolute Gasteiger partial charge is 0.312 e. The molecule has 18 heavy (non-hydrogen) atoms. The number of halogens is 2. The molecule has 0 unspecified atom stereocenters. The highest BCUT2D eigenvalue weighted by atomic mass is 35.5. The summed E-state index contributed by atoms with van der Waals surface area (Å²) in [5.74, 6) is -0.267. The van der Waals surface area contributed by atoms with Gasteiger partial charge in [0.15, 0.2) is 0 Å². The standard InChI is InChI=1S/C14H14ClFN2/c15-13-4-3-12(14(16)8-13)10-18-7-5-11-2-1-6-17-9-11/h1-4,6,8-9,18H,5,7,10H2. The van der Waals surface area contributed by atoms with Gasteiger partial charge in [-0.05, 0) is 36.7 Å². The second kappa shape index (κ2) is 6.47. The molecule has 0 spiro atoms. The number of pyridine rings is 1. The number of hydrogen-bond acceptors (Lipinski definition) is 2. The van der Waals surface area contributed by atoms with E-state index in [2.05, 4.69) is 10.3 Å².